The third-order valence-corrected chi connectivity index (χ3v) is 4.52. The summed E-state index contributed by atoms with van der Waals surface area (Å²) in [5, 5.41) is 14.5. The molecule has 126 valence electrons. The van der Waals surface area contributed by atoms with Gasteiger partial charge in [-0.1, -0.05) is 30.3 Å². The Hall–Kier alpha value is -2.90. The van der Waals surface area contributed by atoms with Crippen molar-refractivity contribution in [2.45, 2.75) is 0 Å². The summed E-state index contributed by atoms with van der Waals surface area (Å²) in [5.74, 6) is -0.243. The molecule has 0 atom stereocenters. The van der Waals surface area contributed by atoms with Crippen LogP contribution in [0.5, 0.6) is 5.75 Å². The topological polar surface area (TPSA) is 73.4 Å². The Kier molecular flexibility index (Phi) is 5.27. The zero-order valence-corrected chi connectivity index (χ0v) is 14.7. The van der Waals surface area contributed by atoms with Crippen molar-refractivity contribution in [1.82, 2.24) is 10.9 Å². The quantitative estimate of drug-likeness (QED) is 0.418. The average molecular weight is 369 g/mol. The minimum atomic E-state index is -0.348. The average Bonchev–Trinajstić information content (AvgIpc) is 3.09. The number of phenols is 1. The molecule has 0 unspecified atom stereocenters. The van der Waals surface area contributed by atoms with Crippen molar-refractivity contribution in [3.8, 4) is 16.2 Å². The fourth-order valence-corrected chi connectivity index (χ4v) is 3.13. The van der Waals surface area contributed by atoms with Crippen LogP contribution in [0.2, 0.25) is 0 Å². The van der Waals surface area contributed by atoms with Crippen LogP contribution >= 0.6 is 23.6 Å². The van der Waals surface area contributed by atoms with Crippen molar-refractivity contribution >= 4 is 40.3 Å². The molecule has 2 aromatic carbocycles. The molecular weight excluding hydrogens is 354 g/mol. The van der Waals surface area contributed by atoms with Crippen LogP contribution in [0.25, 0.3) is 10.4 Å². The Morgan fingerprint density at radius 2 is 1.72 bits per heavy atom. The van der Waals surface area contributed by atoms with Gasteiger partial charge >= 0.3 is 0 Å². The van der Waals surface area contributed by atoms with E-state index >= 15 is 0 Å². The van der Waals surface area contributed by atoms with Gasteiger partial charge in [-0.2, -0.15) is 0 Å². The van der Waals surface area contributed by atoms with Gasteiger partial charge < -0.3 is 10.4 Å². The third-order valence-electron chi connectivity index (χ3n) is 3.33. The summed E-state index contributed by atoms with van der Waals surface area (Å²) in [5.41, 5.74) is 7.56. The van der Waals surface area contributed by atoms with Crippen molar-refractivity contribution in [2.24, 2.45) is 0 Å². The Labute approximate surface area is 154 Å². The van der Waals surface area contributed by atoms with Crippen molar-refractivity contribution in [3.05, 3.63) is 71.6 Å². The van der Waals surface area contributed by atoms with Crippen LogP contribution in [0.3, 0.4) is 0 Å². The fourth-order valence-electron chi connectivity index (χ4n) is 2.12. The summed E-state index contributed by atoms with van der Waals surface area (Å²) in [7, 11) is 0. The lowest BCUT2D eigenvalue weighted by atomic mass is 10.2. The third kappa shape index (κ3) is 4.56. The molecule has 0 saturated heterocycles. The number of hydrogen-bond donors (Lipinski definition) is 4. The molecular formula is C18H15N3O2S2. The molecule has 7 heteroatoms. The van der Waals surface area contributed by atoms with Gasteiger partial charge in [-0.05, 0) is 48.1 Å². The summed E-state index contributed by atoms with van der Waals surface area (Å²) in [6.45, 7) is 0. The first-order valence-electron chi connectivity index (χ1n) is 7.42. The lowest BCUT2D eigenvalue weighted by Crippen LogP contribution is -2.43. The van der Waals surface area contributed by atoms with Gasteiger partial charge in [0.25, 0.3) is 5.91 Å². The molecule has 0 spiro atoms. The van der Waals surface area contributed by atoms with Gasteiger partial charge in [-0.15, -0.1) is 11.3 Å². The summed E-state index contributed by atoms with van der Waals surface area (Å²) < 4.78 is 0. The molecule has 3 aromatic rings. The van der Waals surface area contributed by atoms with Crippen LogP contribution in [0, 0.1) is 0 Å². The van der Waals surface area contributed by atoms with E-state index in [4.69, 9.17) is 12.2 Å². The van der Waals surface area contributed by atoms with E-state index in [0.29, 0.717) is 5.56 Å². The predicted octanol–water partition coefficient (Wildman–Crippen LogP) is 3.75. The molecule has 4 N–H and O–H groups in total. The maximum absolute atomic E-state index is 12.0. The summed E-state index contributed by atoms with van der Waals surface area (Å²) in [4.78, 5) is 13.1. The van der Waals surface area contributed by atoms with Crippen molar-refractivity contribution in [1.29, 1.82) is 0 Å². The van der Waals surface area contributed by atoms with Gasteiger partial charge in [0, 0.05) is 15.8 Å². The van der Waals surface area contributed by atoms with Crippen LogP contribution in [-0.2, 0) is 0 Å². The Bertz CT molecular complexity index is 877. The van der Waals surface area contributed by atoms with Crippen LogP contribution < -0.4 is 16.2 Å². The minimum absolute atomic E-state index is 0.105. The number of carbonyl (C=O) groups is 1. The smallest absolute Gasteiger partial charge is 0.269 e. The highest BCUT2D eigenvalue weighted by Crippen LogP contribution is 2.29. The van der Waals surface area contributed by atoms with Gasteiger partial charge in [-0.3, -0.25) is 15.6 Å². The standard InChI is InChI=1S/C18H15N3O2S2/c22-15-8-6-13(7-9-15)17(23)20-21-18(24)19-14-10-16(25-11-14)12-4-2-1-3-5-12/h1-11,22H,(H,20,23)(H2,19,21,24). The molecule has 0 fully saturated rings. The van der Waals surface area contributed by atoms with E-state index in [1.807, 2.05) is 41.8 Å². The largest absolute Gasteiger partial charge is 0.508 e. The van der Waals surface area contributed by atoms with E-state index in [2.05, 4.69) is 16.2 Å². The molecule has 3 rings (SSSR count). The number of hydrazine groups is 1. The van der Waals surface area contributed by atoms with Crippen molar-refractivity contribution in [2.75, 3.05) is 5.32 Å². The molecule has 0 aliphatic carbocycles. The summed E-state index contributed by atoms with van der Waals surface area (Å²) in [6.07, 6.45) is 0. The van der Waals surface area contributed by atoms with Crippen molar-refractivity contribution in [3.63, 3.8) is 0 Å². The molecule has 0 aliphatic heterocycles. The van der Waals surface area contributed by atoms with Gasteiger partial charge in [0.2, 0.25) is 0 Å². The lowest BCUT2D eigenvalue weighted by molar-refractivity contribution is 0.0944. The van der Waals surface area contributed by atoms with Gasteiger partial charge in [0.1, 0.15) is 5.75 Å². The SMILES string of the molecule is O=C(NNC(=S)Nc1csc(-c2ccccc2)c1)c1ccc(O)cc1. The van der Waals surface area contributed by atoms with Crippen LogP contribution in [-0.4, -0.2) is 16.1 Å². The molecule has 1 amide bonds. The Morgan fingerprint density at radius 3 is 2.44 bits per heavy atom. The van der Waals surface area contributed by atoms with E-state index in [0.717, 1.165) is 16.1 Å². The van der Waals surface area contributed by atoms with E-state index in [1.54, 1.807) is 11.3 Å². The van der Waals surface area contributed by atoms with E-state index in [9.17, 15) is 9.90 Å². The number of aromatic hydroxyl groups is 1. The Balaban J connectivity index is 1.54. The van der Waals surface area contributed by atoms with Crippen LogP contribution in [0.15, 0.2) is 66.0 Å². The number of benzene rings is 2. The minimum Gasteiger partial charge on any atom is -0.508 e. The maximum Gasteiger partial charge on any atom is 0.269 e. The highest BCUT2D eigenvalue weighted by Gasteiger charge is 2.07. The molecule has 0 aliphatic rings. The summed E-state index contributed by atoms with van der Waals surface area (Å²) >= 11 is 6.79. The van der Waals surface area contributed by atoms with Crippen molar-refractivity contribution < 1.29 is 9.90 Å². The second-order valence-corrected chi connectivity index (χ2v) is 6.47. The normalized spacial score (nSPS) is 10.1. The molecule has 1 aromatic heterocycles. The number of anilines is 1. The molecule has 0 saturated carbocycles. The number of thiophene rings is 1. The van der Waals surface area contributed by atoms with E-state index in [-0.39, 0.29) is 16.8 Å². The number of hydrogen-bond acceptors (Lipinski definition) is 4. The lowest BCUT2D eigenvalue weighted by Gasteiger charge is -2.10. The molecule has 25 heavy (non-hydrogen) atoms. The molecule has 0 bridgehead atoms. The second kappa shape index (κ2) is 7.78. The number of nitrogens with one attached hydrogen (secondary N) is 3. The maximum atomic E-state index is 12.0. The predicted molar refractivity (Wildman–Crippen MR) is 105 cm³/mol. The Morgan fingerprint density at radius 1 is 1.00 bits per heavy atom. The highest BCUT2D eigenvalue weighted by molar-refractivity contribution is 7.80. The highest BCUT2D eigenvalue weighted by atomic mass is 32.1. The van der Waals surface area contributed by atoms with Gasteiger partial charge in [-0.25, -0.2) is 0 Å². The fraction of sp³-hybridized carbons (Fsp3) is 0. The molecule has 5 nitrogen and oxygen atoms in total. The second-order valence-electron chi connectivity index (χ2n) is 5.15. The summed E-state index contributed by atoms with van der Waals surface area (Å²) in [6, 6.07) is 18.0. The number of phenolic OH excluding ortho intramolecular Hbond substituents is 1. The first-order chi connectivity index (χ1) is 12.1. The van der Waals surface area contributed by atoms with Gasteiger partial charge in [0.05, 0.1) is 5.69 Å². The van der Waals surface area contributed by atoms with E-state index < -0.39 is 0 Å². The molecule has 0 radical (unpaired) electrons. The van der Waals surface area contributed by atoms with Crippen LogP contribution in [0.1, 0.15) is 10.4 Å². The van der Waals surface area contributed by atoms with E-state index in [1.165, 1.54) is 24.3 Å². The number of thiocarbonyl (C=S) groups is 1. The number of amides is 1. The zero-order valence-electron chi connectivity index (χ0n) is 13.0. The number of rotatable bonds is 3. The first kappa shape index (κ1) is 16.9. The molecule has 1 heterocycles. The zero-order chi connectivity index (χ0) is 17.6. The first-order valence-corrected chi connectivity index (χ1v) is 8.71. The monoisotopic (exact) mass is 369 g/mol. The number of carbonyl (C=O) groups excluding carboxylic acids is 1. The van der Waals surface area contributed by atoms with Crippen LogP contribution in [0.4, 0.5) is 5.69 Å². The van der Waals surface area contributed by atoms with Gasteiger partial charge in [0.15, 0.2) is 5.11 Å².